The molecule has 0 aromatic heterocycles. The van der Waals surface area contributed by atoms with E-state index in [0.717, 1.165) is 12.8 Å². The quantitative estimate of drug-likeness (QED) is 0.759. The summed E-state index contributed by atoms with van der Waals surface area (Å²) in [6.45, 7) is 5.42. The Morgan fingerprint density at radius 2 is 2.07 bits per heavy atom. The van der Waals surface area contributed by atoms with Gasteiger partial charge in [-0.15, -0.1) is 0 Å². The van der Waals surface area contributed by atoms with E-state index in [4.69, 9.17) is 5.11 Å². The van der Waals surface area contributed by atoms with Crippen molar-refractivity contribution in [3.8, 4) is 0 Å². The van der Waals surface area contributed by atoms with E-state index in [9.17, 15) is 9.18 Å². The zero-order valence-corrected chi connectivity index (χ0v) is 8.55. The summed E-state index contributed by atoms with van der Waals surface area (Å²) >= 11 is 0. The summed E-state index contributed by atoms with van der Waals surface area (Å²) in [4.78, 5) is 10.7. The first-order valence-corrected chi connectivity index (χ1v) is 5.03. The zero-order valence-electron chi connectivity index (χ0n) is 8.55. The Bertz CT molecular complexity index is 240. The number of allylic oxidation sites excluding steroid dienone is 1. The predicted molar refractivity (Wildman–Crippen MR) is 52.6 cm³/mol. The Hall–Kier alpha value is -0.860. The predicted octanol–water partition coefficient (Wildman–Crippen LogP) is 3.14. The molecule has 0 amide bonds. The zero-order chi connectivity index (χ0) is 10.8. The average molecular weight is 200 g/mol. The van der Waals surface area contributed by atoms with Crippen LogP contribution in [0.25, 0.3) is 0 Å². The molecule has 0 aromatic rings. The SMILES string of the molecule is C=C(F)C1(CC(=O)O)CCC(C)CC1. The van der Waals surface area contributed by atoms with E-state index < -0.39 is 17.2 Å². The molecule has 1 N–H and O–H groups in total. The van der Waals surface area contributed by atoms with Gasteiger partial charge in [0.05, 0.1) is 12.2 Å². The van der Waals surface area contributed by atoms with E-state index in [-0.39, 0.29) is 6.42 Å². The molecule has 0 heterocycles. The minimum atomic E-state index is -0.932. The third-order valence-corrected chi connectivity index (χ3v) is 3.30. The molecule has 0 aliphatic heterocycles. The van der Waals surface area contributed by atoms with Gasteiger partial charge in [0.25, 0.3) is 0 Å². The Morgan fingerprint density at radius 1 is 1.57 bits per heavy atom. The van der Waals surface area contributed by atoms with Crippen LogP contribution in [-0.4, -0.2) is 11.1 Å². The highest BCUT2D eigenvalue weighted by atomic mass is 19.1. The maximum Gasteiger partial charge on any atom is 0.304 e. The van der Waals surface area contributed by atoms with Crippen LogP contribution in [0.1, 0.15) is 39.0 Å². The Kier molecular flexibility index (Phi) is 3.29. The second-order valence-corrected chi connectivity index (χ2v) is 4.44. The fourth-order valence-electron chi connectivity index (χ4n) is 2.15. The normalized spacial score (nSPS) is 32.6. The van der Waals surface area contributed by atoms with Gasteiger partial charge in [0.2, 0.25) is 0 Å². The number of carbonyl (C=O) groups is 1. The van der Waals surface area contributed by atoms with Gasteiger partial charge in [-0.3, -0.25) is 4.79 Å². The van der Waals surface area contributed by atoms with Gasteiger partial charge in [0.1, 0.15) is 0 Å². The van der Waals surface area contributed by atoms with E-state index in [1.807, 2.05) is 0 Å². The molecule has 1 fully saturated rings. The van der Waals surface area contributed by atoms with Crippen molar-refractivity contribution in [2.24, 2.45) is 11.3 Å². The molecule has 1 saturated carbocycles. The van der Waals surface area contributed by atoms with Crippen LogP contribution in [0.3, 0.4) is 0 Å². The van der Waals surface area contributed by atoms with Gasteiger partial charge in [0, 0.05) is 5.41 Å². The van der Waals surface area contributed by atoms with Crippen LogP contribution in [0.4, 0.5) is 4.39 Å². The molecular weight excluding hydrogens is 183 g/mol. The number of carboxylic acids is 1. The lowest BCUT2D eigenvalue weighted by Gasteiger charge is -2.36. The molecule has 0 aromatic carbocycles. The van der Waals surface area contributed by atoms with Crippen molar-refractivity contribution in [3.63, 3.8) is 0 Å². The topological polar surface area (TPSA) is 37.3 Å². The molecule has 0 saturated heterocycles. The molecule has 0 atom stereocenters. The van der Waals surface area contributed by atoms with Gasteiger partial charge in [0.15, 0.2) is 0 Å². The highest BCUT2D eigenvalue weighted by Crippen LogP contribution is 2.46. The summed E-state index contributed by atoms with van der Waals surface area (Å²) in [5.74, 6) is -0.804. The second kappa shape index (κ2) is 4.11. The van der Waals surface area contributed by atoms with Gasteiger partial charge in [-0.2, -0.15) is 0 Å². The average Bonchev–Trinajstić information content (AvgIpc) is 2.08. The van der Waals surface area contributed by atoms with E-state index in [2.05, 4.69) is 13.5 Å². The number of hydrogen-bond acceptors (Lipinski definition) is 1. The van der Waals surface area contributed by atoms with Crippen molar-refractivity contribution in [1.29, 1.82) is 0 Å². The fourth-order valence-corrected chi connectivity index (χ4v) is 2.15. The maximum absolute atomic E-state index is 13.3. The van der Waals surface area contributed by atoms with Crippen LogP contribution in [0.2, 0.25) is 0 Å². The van der Waals surface area contributed by atoms with Crippen LogP contribution in [0.5, 0.6) is 0 Å². The van der Waals surface area contributed by atoms with Crippen LogP contribution in [-0.2, 0) is 4.79 Å². The lowest BCUT2D eigenvalue weighted by Crippen LogP contribution is -2.30. The first-order valence-electron chi connectivity index (χ1n) is 5.03. The van der Waals surface area contributed by atoms with Crippen molar-refractivity contribution in [3.05, 3.63) is 12.4 Å². The van der Waals surface area contributed by atoms with Crippen LogP contribution in [0.15, 0.2) is 12.4 Å². The minimum absolute atomic E-state index is 0.116. The number of aliphatic carboxylic acids is 1. The molecule has 14 heavy (non-hydrogen) atoms. The van der Waals surface area contributed by atoms with Crippen LogP contribution < -0.4 is 0 Å². The van der Waals surface area contributed by atoms with Gasteiger partial charge < -0.3 is 5.11 Å². The number of rotatable bonds is 3. The molecule has 1 rings (SSSR count). The largest absolute Gasteiger partial charge is 0.481 e. The first kappa shape index (κ1) is 11.2. The molecule has 0 bridgehead atoms. The second-order valence-electron chi connectivity index (χ2n) is 4.44. The van der Waals surface area contributed by atoms with Crippen molar-refractivity contribution in [2.75, 3.05) is 0 Å². The third-order valence-electron chi connectivity index (χ3n) is 3.30. The van der Waals surface area contributed by atoms with Gasteiger partial charge in [-0.1, -0.05) is 13.5 Å². The first-order chi connectivity index (χ1) is 6.46. The van der Waals surface area contributed by atoms with E-state index in [1.165, 1.54) is 0 Å². The van der Waals surface area contributed by atoms with E-state index >= 15 is 0 Å². The monoisotopic (exact) mass is 200 g/mol. The lowest BCUT2D eigenvalue weighted by atomic mass is 9.68. The Balaban J connectivity index is 2.73. The van der Waals surface area contributed by atoms with E-state index in [0.29, 0.717) is 18.8 Å². The molecule has 3 heteroatoms. The lowest BCUT2D eigenvalue weighted by molar-refractivity contribution is -0.140. The Morgan fingerprint density at radius 3 is 2.43 bits per heavy atom. The standard InChI is InChI=1S/C11H17FO2/c1-8-3-5-11(6-4-8,9(2)12)7-10(13)14/h8H,2-7H2,1H3,(H,13,14). The highest BCUT2D eigenvalue weighted by molar-refractivity contribution is 5.68. The molecule has 80 valence electrons. The molecule has 1 aliphatic carbocycles. The molecule has 2 nitrogen and oxygen atoms in total. The third kappa shape index (κ3) is 2.34. The van der Waals surface area contributed by atoms with Crippen molar-refractivity contribution >= 4 is 5.97 Å². The smallest absolute Gasteiger partial charge is 0.304 e. The van der Waals surface area contributed by atoms with Gasteiger partial charge in [-0.25, -0.2) is 4.39 Å². The maximum atomic E-state index is 13.3. The van der Waals surface area contributed by atoms with Gasteiger partial charge in [-0.05, 0) is 31.6 Å². The Labute approximate surface area is 83.8 Å². The van der Waals surface area contributed by atoms with Gasteiger partial charge >= 0.3 is 5.97 Å². The minimum Gasteiger partial charge on any atom is -0.481 e. The molecular formula is C11H17FO2. The summed E-state index contributed by atoms with van der Waals surface area (Å²) in [5, 5.41) is 8.74. The summed E-state index contributed by atoms with van der Waals surface area (Å²) in [6.07, 6.45) is 2.92. The summed E-state index contributed by atoms with van der Waals surface area (Å²) in [7, 11) is 0. The van der Waals surface area contributed by atoms with E-state index in [1.54, 1.807) is 0 Å². The molecule has 0 spiro atoms. The fraction of sp³-hybridized carbons (Fsp3) is 0.727. The molecule has 0 radical (unpaired) electrons. The number of halogens is 1. The molecule has 1 aliphatic rings. The number of hydrogen-bond donors (Lipinski definition) is 1. The highest BCUT2D eigenvalue weighted by Gasteiger charge is 2.39. The number of carboxylic acid groups (broad SMARTS) is 1. The molecule has 0 unspecified atom stereocenters. The summed E-state index contributed by atoms with van der Waals surface area (Å²) in [5.41, 5.74) is -0.779. The van der Waals surface area contributed by atoms with Crippen LogP contribution >= 0.6 is 0 Å². The summed E-state index contributed by atoms with van der Waals surface area (Å²) < 4.78 is 13.3. The van der Waals surface area contributed by atoms with Crippen molar-refractivity contribution in [1.82, 2.24) is 0 Å². The van der Waals surface area contributed by atoms with Crippen molar-refractivity contribution < 1.29 is 14.3 Å². The van der Waals surface area contributed by atoms with Crippen molar-refractivity contribution in [2.45, 2.75) is 39.0 Å². The summed E-state index contributed by atoms with van der Waals surface area (Å²) in [6, 6.07) is 0. The van der Waals surface area contributed by atoms with Crippen LogP contribution in [0, 0.1) is 11.3 Å².